The van der Waals surface area contributed by atoms with Crippen LogP contribution in [0.2, 0.25) is 0 Å². The summed E-state index contributed by atoms with van der Waals surface area (Å²) in [6, 6.07) is 2.14. The van der Waals surface area contributed by atoms with Crippen molar-refractivity contribution in [1.29, 1.82) is 0 Å². The van der Waals surface area contributed by atoms with Crippen LogP contribution < -0.4 is 10.2 Å². The first-order valence-corrected chi connectivity index (χ1v) is 6.60. The van der Waals surface area contributed by atoms with Crippen molar-refractivity contribution in [2.75, 3.05) is 0 Å². The van der Waals surface area contributed by atoms with Gasteiger partial charge in [-0.3, -0.25) is 9.59 Å². The van der Waals surface area contributed by atoms with E-state index in [2.05, 4.69) is 4.98 Å². The summed E-state index contributed by atoms with van der Waals surface area (Å²) in [5, 5.41) is 0. The van der Waals surface area contributed by atoms with Gasteiger partial charge in [0.05, 0.1) is 6.42 Å². The first kappa shape index (κ1) is 13.7. The molecular weight excluding hydrogens is 315 g/mol. The number of nitrogens with zero attached hydrogens (tertiary/aromatic N) is 1. The third kappa shape index (κ3) is 1.91. The maximum Gasteiger partial charge on any atom is 0.311 e. The van der Waals surface area contributed by atoms with Gasteiger partial charge in [0.2, 0.25) is 11.6 Å². The van der Waals surface area contributed by atoms with Gasteiger partial charge >= 0.3 is 5.97 Å². The van der Waals surface area contributed by atoms with Crippen LogP contribution >= 0.6 is 0 Å². The minimum absolute atomic E-state index is 0.00384. The van der Waals surface area contributed by atoms with Crippen molar-refractivity contribution in [3.8, 4) is 17.2 Å². The average molecular weight is 321 g/mol. The van der Waals surface area contributed by atoms with Crippen molar-refractivity contribution >= 4 is 17.1 Å². The Morgan fingerprint density at radius 1 is 1.04 bits per heavy atom. The van der Waals surface area contributed by atoms with Gasteiger partial charge < -0.3 is 9.15 Å². The molecule has 2 aliphatic heterocycles. The van der Waals surface area contributed by atoms with Crippen molar-refractivity contribution in [3.63, 3.8) is 0 Å². The largest absolute Gasteiger partial charge is 0.446 e. The van der Waals surface area contributed by atoms with Crippen LogP contribution in [0.15, 0.2) is 21.3 Å². The van der Waals surface area contributed by atoms with E-state index in [0.29, 0.717) is 5.56 Å². The number of fused-ring (bicyclic) bond motifs is 3. The molecule has 23 heavy (non-hydrogen) atoms. The lowest BCUT2D eigenvalue weighted by Gasteiger charge is -2.17. The molecule has 0 bridgehead atoms. The first-order valence-electron chi connectivity index (χ1n) is 6.60. The van der Waals surface area contributed by atoms with E-state index in [0.717, 1.165) is 6.07 Å². The van der Waals surface area contributed by atoms with Gasteiger partial charge in [-0.15, -0.1) is 0 Å². The summed E-state index contributed by atoms with van der Waals surface area (Å²) >= 11 is 0. The van der Waals surface area contributed by atoms with Gasteiger partial charge in [-0.05, 0) is 12.5 Å². The molecule has 0 aromatic heterocycles. The number of carbonyl (C=O) groups is 1. The highest BCUT2D eigenvalue weighted by Crippen LogP contribution is 2.36. The Morgan fingerprint density at radius 2 is 1.83 bits per heavy atom. The van der Waals surface area contributed by atoms with Gasteiger partial charge in [0.25, 0.3) is 5.43 Å². The molecule has 0 atom stereocenters. The Balaban J connectivity index is 2.11. The monoisotopic (exact) mass is 321 g/mol. The molecule has 1 aliphatic carbocycles. The third-order valence-corrected chi connectivity index (χ3v) is 3.61. The molecule has 0 radical (unpaired) electrons. The maximum absolute atomic E-state index is 14.5. The lowest BCUT2D eigenvalue weighted by atomic mass is 10.0. The fourth-order valence-corrected chi connectivity index (χ4v) is 2.51. The van der Waals surface area contributed by atoms with Crippen molar-refractivity contribution in [2.45, 2.75) is 12.8 Å². The number of rotatable bonds is 0. The highest BCUT2D eigenvalue weighted by Gasteiger charge is 2.27. The average Bonchev–Trinajstić information content (AvgIpc) is 2.53. The molecule has 0 amide bonds. The number of aryl methyl sites for hydroxylation is 1. The predicted molar refractivity (Wildman–Crippen MR) is 70.7 cm³/mol. The van der Waals surface area contributed by atoms with Crippen LogP contribution in [0.25, 0.3) is 22.6 Å². The normalized spacial score (nSPS) is 14.1. The fourth-order valence-electron chi connectivity index (χ4n) is 2.51. The Morgan fingerprint density at radius 3 is 2.61 bits per heavy atom. The second kappa shape index (κ2) is 4.55. The van der Waals surface area contributed by atoms with E-state index >= 15 is 0 Å². The van der Waals surface area contributed by atoms with E-state index in [1.54, 1.807) is 0 Å². The third-order valence-electron chi connectivity index (χ3n) is 3.61. The van der Waals surface area contributed by atoms with E-state index in [-0.39, 0.29) is 29.8 Å². The number of hydrogen-bond acceptors (Lipinski definition) is 5. The lowest BCUT2D eigenvalue weighted by molar-refractivity contribution is -0.135. The summed E-state index contributed by atoms with van der Waals surface area (Å²) in [5.74, 6) is -5.39. The van der Waals surface area contributed by atoms with Crippen molar-refractivity contribution in [1.82, 2.24) is 4.98 Å². The molecule has 0 unspecified atom stereocenters. The zero-order valence-electron chi connectivity index (χ0n) is 11.3. The summed E-state index contributed by atoms with van der Waals surface area (Å²) in [7, 11) is 0. The van der Waals surface area contributed by atoms with Gasteiger partial charge in [-0.1, -0.05) is 0 Å². The van der Waals surface area contributed by atoms with Crippen molar-refractivity contribution < 1.29 is 27.1 Å². The first-order chi connectivity index (χ1) is 11.0. The summed E-state index contributed by atoms with van der Waals surface area (Å²) < 4.78 is 51.6. The number of aromatic nitrogens is 1. The minimum atomic E-state index is -1.50. The van der Waals surface area contributed by atoms with E-state index in [9.17, 15) is 22.8 Å². The van der Waals surface area contributed by atoms with Crippen LogP contribution in [-0.4, -0.2) is 11.0 Å². The molecule has 8 heteroatoms. The molecule has 5 nitrogen and oxygen atoms in total. The molecule has 0 saturated carbocycles. The highest BCUT2D eigenvalue weighted by atomic mass is 19.1. The van der Waals surface area contributed by atoms with Crippen LogP contribution in [0, 0.1) is 17.5 Å². The molecule has 3 aliphatic rings. The van der Waals surface area contributed by atoms with Crippen molar-refractivity contribution in [3.05, 3.63) is 45.4 Å². The highest BCUT2D eigenvalue weighted by molar-refractivity contribution is 5.83. The Kier molecular flexibility index (Phi) is 2.72. The maximum atomic E-state index is 14.5. The summed E-state index contributed by atoms with van der Waals surface area (Å²) in [6.07, 6.45) is 0.342. The van der Waals surface area contributed by atoms with Crippen LogP contribution in [-0.2, 0) is 11.2 Å². The lowest BCUT2D eigenvalue weighted by Crippen LogP contribution is -2.17. The molecule has 1 aromatic carbocycles. The molecule has 1 aromatic rings. The standard InChI is InChI=1S/C15H6F3NO4/c16-6-4-8-14(10(17)12(6)21)23-15-7(19-8)3-5-1-2-9(20)22-13(5)11(15)18/h3-4H,1-2H2. The molecule has 0 N–H and O–H groups in total. The predicted octanol–water partition coefficient (Wildman–Crippen LogP) is 2.56. The number of halogens is 3. The van der Waals surface area contributed by atoms with Gasteiger partial charge in [-0.25, -0.2) is 9.37 Å². The molecular formula is C15H6F3NO4. The summed E-state index contributed by atoms with van der Waals surface area (Å²) in [6.45, 7) is 0. The molecule has 116 valence electrons. The molecule has 4 rings (SSSR count). The van der Waals surface area contributed by atoms with Crippen LogP contribution in [0.5, 0.6) is 5.75 Å². The van der Waals surface area contributed by atoms with E-state index in [4.69, 9.17) is 9.15 Å². The van der Waals surface area contributed by atoms with Crippen LogP contribution in [0.4, 0.5) is 13.2 Å². The molecule has 0 fully saturated rings. The SMILES string of the molecule is O=C1CCc2cc3nc4cc(F)c(=O)c(F)c-4oc3c(F)c2O1. The smallest absolute Gasteiger partial charge is 0.311 e. The second-order valence-corrected chi connectivity index (χ2v) is 5.06. The Bertz CT molecular complexity index is 1030. The van der Waals surface area contributed by atoms with E-state index in [1.807, 2.05) is 0 Å². The second-order valence-electron chi connectivity index (χ2n) is 5.06. The topological polar surface area (TPSA) is 69.4 Å². The number of esters is 1. The number of carbonyl (C=O) groups excluding carboxylic acids is 1. The zero-order valence-corrected chi connectivity index (χ0v) is 11.3. The molecule has 2 heterocycles. The number of benzene rings is 2. The molecule has 0 spiro atoms. The Hall–Kier alpha value is -2.90. The van der Waals surface area contributed by atoms with Crippen LogP contribution in [0.1, 0.15) is 12.0 Å². The summed E-state index contributed by atoms with van der Waals surface area (Å²) in [4.78, 5) is 26.5. The Labute approximate surface area is 125 Å². The summed E-state index contributed by atoms with van der Waals surface area (Å²) in [5.41, 5.74) is -1.82. The van der Waals surface area contributed by atoms with Crippen molar-refractivity contribution in [2.24, 2.45) is 0 Å². The van der Waals surface area contributed by atoms with Crippen LogP contribution in [0.3, 0.4) is 0 Å². The number of ether oxygens (including phenoxy) is 1. The van der Waals surface area contributed by atoms with Gasteiger partial charge in [0.1, 0.15) is 11.2 Å². The van der Waals surface area contributed by atoms with E-state index < -0.39 is 40.2 Å². The fraction of sp³-hybridized carbons (Fsp3) is 0.133. The van der Waals surface area contributed by atoms with Gasteiger partial charge in [0, 0.05) is 11.6 Å². The quantitative estimate of drug-likeness (QED) is 0.361. The van der Waals surface area contributed by atoms with Gasteiger partial charge in [0.15, 0.2) is 22.9 Å². The van der Waals surface area contributed by atoms with Gasteiger partial charge in [-0.2, -0.15) is 8.78 Å². The number of hydrogen-bond donors (Lipinski definition) is 0. The zero-order chi connectivity index (χ0) is 16.3. The molecule has 0 saturated heterocycles. The minimum Gasteiger partial charge on any atom is -0.446 e. The van der Waals surface area contributed by atoms with E-state index in [1.165, 1.54) is 6.07 Å².